The van der Waals surface area contributed by atoms with E-state index in [0.717, 1.165) is 11.1 Å². The third-order valence-corrected chi connectivity index (χ3v) is 3.70. The van der Waals surface area contributed by atoms with Crippen LogP contribution in [0.4, 0.5) is 4.39 Å². The zero-order valence-electron chi connectivity index (χ0n) is 8.74. The summed E-state index contributed by atoms with van der Waals surface area (Å²) in [6, 6.07) is 18.7. The van der Waals surface area contributed by atoms with Gasteiger partial charge < -0.3 is 0 Å². The molecule has 0 aromatic heterocycles. The first-order chi connectivity index (χ1) is 7.77. The maximum absolute atomic E-state index is 15.0. The number of alkyl halides is 2. The predicted molar refractivity (Wildman–Crippen MR) is 73.7 cm³/mol. The predicted octanol–water partition coefficient (Wildman–Crippen LogP) is 4.33. The molecule has 0 amide bonds. The van der Waals surface area contributed by atoms with Gasteiger partial charge in [-0.05, 0) is 11.1 Å². The summed E-state index contributed by atoms with van der Waals surface area (Å²) in [4.78, 5) is 0. The van der Waals surface area contributed by atoms with Gasteiger partial charge in [0.25, 0.3) is 0 Å². The fraction of sp³-hybridized carbons (Fsp3) is 0.143. The maximum atomic E-state index is 15.0. The normalized spacial score (nSPS) is 11.4. The highest BCUT2D eigenvalue weighted by atomic mass is 127. The molecule has 0 bridgehead atoms. The van der Waals surface area contributed by atoms with Gasteiger partial charge in [-0.3, -0.25) is 0 Å². The standard InChI is InChI=1S/C14H12FI/c15-14(11-16,12-7-3-1-4-8-12)13-9-5-2-6-10-13/h1-10H,11H2. The van der Waals surface area contributed by atoms with Crippen molar-refractivity contribution in [1.82, 2.24) is 0 Å². The first-order valence-corrected chi connectivity index (χ1v) is 6.66. The van der Waals surface area contributed by atoms with Gasteiger partial charge in [-0.15, -0.1) is 0 Å². The average Bonchev–Trinajstić information content (AvgIpc) is 2.40. The summed E-state index contributed by atoms with van der Waals surface area (Å²) in [5, 5.41) is 0. The van der Waals surface area contributed by atoms with Gasteiger partial charge in [-0.25, -0.2) is 4.39 Å². The van der Waals surface area contributed by atoms with Crippen molar-refractivity contribution in [2.45, 2.75) is 5.67 Å². The highest BCUT2D eigenvalue weighted by molar-refractivity contribution is 14.1. The fourth-order valence-electron chi connectivity index (χ4n) is 1.73. The Morgan fingerprint density at radius 3 is 1.50 bits per heavy atom. The molecule has 0 aliphatic carbocycles. The average molecular weight is 326 g/mol. The summed E-state index contributed by atoms with van der Waals surface area (Å²) < 4.78 is 15.4. The van der Waals surface area contributed by atoms with Crippen molar-refractivity contribution in [3.8, 4) is 0 Å². The molecule has 0 fully saturated rings. The minimum absolute atomic E-state index is 0.415. The monoisotopic (exact) mass is 326 g/mol. The van der Waals surface area contributed by atoms with E-state index in [0.29, 0.717) is 4.43 Å². The van der Waals surface area contributed by atoms with Gasteiger partial charge >= 0.3 is 0 Å². The molecule has 0 N–H and O–H groups in total. The van der Waals surface area contributed by atoms with E-state index in [-0.39, 0.29) is 0 Å². The molecule has 0 saturated carbocycles. The second kappa shape index (κ2) is 4.95. The lowest BCUT2D eigenvalue weighted by Crippen LogP contribution is -2.23. The summed E-state index contributed by atoms with van der Waals surface area (Å²) >= 11 is 2.10. The molecular weight excluding hydrogens is 314 g/mol. The van der Waals surface area contributed by atoms with Gasteiger partial charge in [0, 0.05) is 4.43 Å². The molecule has 16 heavy (non-hydrogen) atoms. The second-order valence-corrected chi connectivity index (χ2v) is 4.43. The highest BCUT2D eigenvalue weighted by Gasteiger charge is 2.32. The Labute approximate surface area is 109 Å². The largest absolute Gasteiger partial charge is 0.233 e. The van der Waals surface area contributed by atoms with Crippen LogP contribution in [0, 0.1) is 0 Å². The Kier molecular flexibility index (Phi) is 3.59. The lowest BCUT2D eigenvalue weighted by molar-refractivity contribution is 0.262. The molecule has 2 aromatic rings. The summed E-state index contributed by atoms with van der Waals surface area (Å²) in [6.07, 6.45) is 0. The Morgan fingerprint density at radius 2 is 1.19 bits per heavy atom. The van der Waals surface area contributed by atoms with Crippen molar-refractivity contribution in [2.24, 2.45) is 0 Å². The number of hydrogen-bond acceptors (Lipinski definition) is 0. The Bertz CT molecular complexity index is 399. The molecule has 0 aliphatic heterocycles. The van der Waals surface area contributed by atoms with Crippen molar-refractivity contribution in [2.75, 3.05) is 4.43 Å². The van der Waals surface area contributed by atoms with Gasteiger partial charge in [0.1, 0.15) is 0 Å². The zero-order chi connectivity index (χ0) is 11.4. The van der Waals surface area contributed by atoms with Crippen LogP contribution in [0.15, 0.2) is 60.7 Å². The fourth-order valence-corrected chi connectivity index (χ4v) is 2.61. The van der Waals surface area contributed by atoms with Crippen LogP contribution < -0.4 is 0 Å². The van der Waals surface area contributed by atoms with Crippen molar-refractivity contribution < 1.29 is 4.39 Å². The molecule has 0 aliphatic rings. The first-order valence-electron chi connectivity index (χ1n) is 5.13. The van der Waals surface area contributed by atoms with Crippen molar-refractivity contribution in [3.05, 3.63) is 71.8 Å². The molecule has 0 radical (unpaired) electrons. The van der Waals surface area contributed by atoms with Gasteiger partial charge in [-0.1, -0.05) is 83.3 Å². The summed E-state index contributed by atoms with van der Waals surface area (Å²) in [5.74, 6) is 0. The summed E-state index contributed by atoms with van der Waals surface area (Å²) in [7, 11) is 0. The van der Waals surface area contributed by atoms with Gasteiger partial charge in [0.2, 0.25) is 0 Å². The molecule has 0 spiro atoms. The van der Waals surface area contributed by atoms with E-state index in [1.54, 1.807) is 0 Å². The van der Waals surface area contributed by atoms with E-state index in [4.69, 9.17) is 0 Å². The maximum Gasteiger partial charge on any atom is 0.169 e. The van der Waals surface area contributed by atoms with E-state index in [1.165, 1.54) is 0 Å². The number of halogens is 2. The molecule has 2 rings (SSSR count). The molecule has 0 nitrogen and oxygen atoms in total. The van der Waals surface area contributed by atoms with Crippen LogP contribution in [0.1, 0.15) is 11.1 Å². The van der Waals surface area contributed by atoms with Crippen LogP contribution >= 0.6 is 22.6 Å². The third kappa shape index (κ3) is 2.12. The number of rotatable bonds is 3. The SMILES string of the molecule is FC(CI)(c1ccccc1)c1ccccc1. The summed E-state index contributed by atoms with van der Waals surface area (Å²) in [5.41, 5.74) is 0.0505. The van der Waals surface area contributed by atoms with Crippen molar-refractivity contribution >= 4 is 22.6 Å². The lowest BCUT2D eigenvalue weighted by atomic mass is 9.90. The smallest absolute Gasteiger partial charge is 0.169 e. The minimum atomic E-state index is -1.39. The van der Waals surface area contributed by atoms with Gasteiger partial charge in [-0.2, -0.15) is 0 Å². The Hall–Kier alpha value is -0.900. The minimum Gasteiger partial charge on any atom is -0.233 e. The van der Waals surface area contributed by atoms with Crippen molar-refractivity contribution in [1.29, 1.82) is 0 Å². The molecular formula is C14H12FI. The highest BCUT2D eigenvalue weighted by Crippen LogP contribution is 2.35. The lowest BCUT2D eigenvalue weighted by Gasteiger charge is -2.24. The van der Waals surface area contributed by atoms with Crippen LogP contribution in [0.3, 0.4) is 0 Å². The van der Waals surface area contributed by atoms with E-state index in [1.807, 2.05) is 60.7 Å². The third-order valence-electron chi connectivity index (χ3n) is 2.65. The number of benzene rings is 2. The molecule has 0 atom stereocenters. The summed E-state index contributed by atoms with van der Waals surface area (Å²) in [6.45, 7) is 0. The topological polar surface area (TPSA) is 0 Å². The molecule has 2 aromatic carbocycles. The van der Waals surface area contributed by atoms with Crippen LogP contribution in [0.2, 0.25) is 0 Å². The molecule has 2 heteroatoms. The van der Waals surface area contributed by atoms with Gasteiger partial charge in [0.05, 0.1) is 0 Å². The van der Waals surface area contributed by atoms with Crippen LogP contribution in [-0.4, -0.2) is 4.43 Å². The second-order valence-electron chi connectivity index (χ2n) is 3.67. The van der Waals surface area contributed by atoms with E-state index < -0.39 is 5.67 Å². The number of hydrogen-bond donors (Lipinski definition) is 0. The van der Waals surface area contributed by atoms with E-state index in [9.17, 15) is 4.39 Å². The molecule has 0 heterocycles. The van der Waals surface area contributed by atoms with E-state index >= 15 is 0 Å². The van der Waals surface area contributed by atoms with Crippen LogP contribution in [0.25, 0.3) is 0 Å². The van der Waals surface area contributed by atoms with Crippen molar-refractivity contribution in [3.63, 3.8) is 0 Å². The van der Waals surface area contributed by atoms with Crippen LogP contribution in [-0.2, 0) is 5.67 Å². The molecule has 0 unspecified atom stereocenters. The van der Waals surface area contributed by atoms with Gasteiger partial charge in [0.15, 0.2) is 5.67 Å². The zero-order valence-corrected chi connectivity index (χ0v) is 10.9. The Morgan fingerprint density at radius 1 is 0.812 bits per heavy atom. The van der Waals surface area contributed by atoms with E-state index in [2.05, 4.69) is 22.6 Å². The Balaban J connectivity index is 2.49. The quantitative estimate of drug-likeness (QED) is 0.582. The first kappa shape index (κ1) is 11.6. The molecule has 82 valence electrons. The van der Waals surface area contributed by atoms with Crippen LogP contribution in [0.5, 0.6) is 0 Å². The molecule has 0 saturated heterocycles.